The Bertz CT molecular complexity index is 749. The number of thiophene rings is 1. The number of nitrogens with zero attached hydrogens (tertiary/aromatic N) is 2. The van der Waals surface area contributed by atoms with E-state index in [-0.39, 0.29) is 0 Å². The number of rotatable bonds is 5. The van der Waals surface area contributed by atoms with Crippen LogP contribution in [0.5, 0.6) is 5.75 Å². The second-order valence-corrected chi connectivity index (χ2v) is 7.01. The molecule has 0 aliphatic carbocycles. The Balaban J connectivity index is 0.000000197. The van der Waals surface area contributed by atoms with Gasteiger partial charge in [-0.1, -0.05) is 6.07 Å². The highest BCUT2D eigenvalue weighted by Crippen LogP contribution is 2.27. The number of benzene rings is 1. The molecular formula is C19H24N4O2S. The summed E-state index contributed by atoms with van der Waals surface area (Å²) in [5, 5.41) is 11.0. The van der Waals surface area contributed by atoms with E-state index in [9.17, 15) is 4.79 Å². The summed E-state index contributed by atoms with van der Waals surface area (Å²) in [5.74, 6) is 0.299. The lowest BCUT2D eigenvalue weighted by Crippen LogP contribution is -2.37. The Morgan fingerprint density at radius 3 is 2.65 bits per heavy atom. The molecule has 138 valence electrons. The summed E-state index contributed by atoms with van der Waals surface area (Å²) in [7, 11) is 1.62. The van der Waals surface area contributed by atoms with E-state index in [1.807, 2.05) is 29.6 Å². The van der Waals surface area contributed by atoms with Crippen LogP contribution >= 0.6 is 11.3 Å². The van der Waals surface area contributed by atoms with Gasteiger partial charge in [-0.2, -0.15) is 5.26 Å². The van der Waals surface area contributed by atoms with Gasteiger partial charge in [-0.15, -0.1) is 11.3 Å². The highest BCUT2D eigenvalue weighted by atomic mass is 32.1. The lowest BCUT2D eigenvalue weighted by atomic mass is 10.1. The minimum absolute atomic E-state index is 0.446. The molecule has 1 aliphatic heterocycles. The quantitative estimate of drug-likeness (QED) is 0.837. The zero-order chi connectivity index (χ0) is 18.9. The van der Waals surface area contributed by atoms with Crippen molar-refractivity contribution in [2.75, 3.05) is 25.1 Å². The maximum Gasteiger partial charge on any atom is 0.234 e. The summed E-state index contributed by atoms with van der Waals surface area (Å²) in [6.45, 7) is 2.11. The average Bonchev–Trinajstić information content (AvgIpc) is 3.35. The standard InChI is InChI=1S/C12H14N2O.C7H10N2OS/c1-15-11-4-5-12(10(8-11)9-13)14-6-2-3-7-14;8-6(7(9)10)4-5-2-1-3-11-5/h4-5,8H,2-3,6-7H2,1H3;1-3,6H,4,8H2,(H2,9,10)/t;6-/m.0/s1. The molecule has 0 radical (unpaired) electrons. The van der Waals surface area contributed by atoms with Crippen LogP contribution in [0.2, 0.25) is 0 Å². The zero-order valence-corrected chi connectivity index (χ0v) is 15.7. The summed E-state index contributed by atoms with van der Waals surface area (Å²) < 4.78 is 5.10. The van der Waals surface area contributed by atoms with Crippen molar-refractivity contribution in [1.29, 1.82) is 5.26 Å². The molecule has 1 aromatic heterocycles. The van der Waals surface area contributed by atoms with Gasteiger partial charge in [-0.3, -0.25) is 4.79 Å². The molecule has 1 fully saturated rings. The van der Waals surface area contributed by atoms with Crippen molar-refractivity contribution in [2.45, 2.75) is 25.3 Å². The summed E-state index contributed by atoms with van der Waals surface area (Å²) in [6.07, 6.45) is 2.99. The second-order valence-electron chi connectivity index (χ2n) is 5.98. The molecule has 3 rings (SSSR count). The number of amides is 1. The SMILES string of the molecule is COc1ccc(N2CCCC2)c(C#N)c1.NC(=O)[C@@H](N)Cc1cccs1. The number of ether oxygens (including phenoxy) is 1. The Kier molecular flexibility index (Phi) is 7.45. The number of primary amides is 1. The van der Waals surface area contributed by atoms with E-state index in [1.54, 1.807) is 24.5 Å². The van der Waals surface area contributed by atoms with E-state index < -0.39 is 11.9 Å². The van der Waals surface area contributed by atoms with Gasteiger partial charge in [-0.25, -0.2) is 0 Å². The lowest BCUT2D eigenvalue weighted by Gasteiger charge is -2.19. The van der Waals surface area contributed by atoms with Gasteiger partial charge in [-0.05, 0) is 42.5 Å². The summed E-state index contributed by atoms with van der Waals surface area (Å²) >= 11 is 1.58. The molecule has 0 bridgehead atoms. The van der Waals surface area contributed by atoms with E-state index in [0.717, 1.165) is 29.4 Å². The Labute approximate surface area is 158 Å². The van der Waals surface area contributed by atoms with Crippen LogP contribution in [0, 0.1) is 11.3 Å². The van der Waals surface area contributed by atoms with Crippen molar-refractivity contribution >= 4 is 22.9 Å². The van der Waals surface area contributed by atoms with Crippen molar-refractivity contribution in [3.63, 3.8) is 0 Å². The first kappa shape index (κ1) is 19.8. The van der Waals surface area contributed by atoms with E-state index in [2.05, 4.69) is 11.0 Å². The van der Waals surface area contributed by atoms with Gasteiger partial charge in [0.2, 0.25) is 5.91 Å². The normalized spacial score (nSPS) is 14.1. The molecule has 2 aromatic rings. The summed E-state index contributed by atoms with van der Waals surface area (Å²) in [4.78, 5) is 13.9. The third kappa shape index (κ3) is 5.48. The molecule has 1 aromatic carbocycles. The van der Waals surface area contributed by atoms with Crippen molar-refractivity contribution in [3.05, 3.63) is 46.2 Å². The van der Waals surface area contributed by atoms with E-state index in [1.165, 1.54) is 12.8 Å². The Hall–Kier alpha value is -2.56. The maximum atomic E-state index is 10.5. The minimum atomic E-state index is -0.548. The predicted octanol–water partition coefficient (Wildman–Crippen LogP) is 2.27. The molecule has 26 heavy (non-hydrogen) atoms. The monoisotopic (exact) mass is 372 g/mol. The van der Waals surface area contributed by atoms with Gasteiger partial charge >= 0.3 is 0 Å². The molecular weight excluding hydrogens is 348 g/mol. The molecule has 0 unspecified atom stereocenters. The van der Waals surface area contributed by atoms with Crippen LogP contribution in [0.25, 0.3) is 0 Å². The van der Waals surface area contributed by atoms with E-state index in [4.69, 9.17) is 21.5 Å². The molecule has 0 spiro atoms. The Morgan fingerprint density at radius 2 is 2.12 bits per heavy atom. The van der Waals surface area contributed by atoms with Crippen LogP contribution in [0.3, 0.4) is 0 Å². The fraction of sp³-hybridized carbons (Fsp3) is 0.368. The fourth-order valence-corrected chi connectivity index (χ4v) is 3.48. The number of hydrogen-bond donors (Lipinski definition) is 2. The highest BCUT2D eigenvalue weighted by Gasteiger charge is 2.16. The number of methoxy groups -OCH3 is 1. The van der Waals surface area contributed by atoms with Crippen molar-refractivity contribution in [3.8, 4) is 11.8 Å². The predicted molar refractivity (Wildman–Crippen MR) is 104 cm³/mol. The van der Waals surface area contributed by atoms with E-state index in [0.29, 0.717) is 12.0 Å². The lowest BCUT2D eigenvalue weighted by molar-refractivity contribution is -0.119. The summed E-state index contributed by atoms with van der Waals surface area (Å²) in [6, 6.07) is 11.2. The Morgan fingerprint density at radius 1 is 1.38 bits per heavy atom. The second kappa shape index (κ2) is 9.80. The molecule has 2 heterocycles. The van der Waals surface area contributed by atoms with Crippen LogP contribution in [0.4, 0.5) is 5.69 Å². The minimum Gasteiger partial charge on any atom is -0.497 e. The highest BCUT2D eigenvalue weighted by molar-refractivity contribution is 7.09. The number of carbonyl (C=O) groups excluding carboxylic acids is 1. The maximum absolute atomic E-state index is 10.5. The molecule has 1 aliphatic rings. The largest absolute Gasteiger partial charge is 0.497 e. The van der Waals surface area contributed by atoms with Crippen molar-refractivity contribution in [1.82, 2.24) is 0 Å². The van der Waals surface area contributed by atoms with Crippen LogP contribution < -0.4 is 21.1 Å². The molecule has 1 saturated heterocycles. The average molecular weight is 372 g/mol. The molecule has 6 nitrogen and oxygen atoms in total. The first-order valence-electron chi connectivity index (χ1n) is 8.45. The van der Waals surface area contributed by atoms with Gasteiger partial charge in [0.25, 0.3) is 0 Å². The van der Waals surface area contributed by atoms with Gasteiger partial charge in [0.1, 0.15) is 11.8 Å². The first-order chi connectivity index (χ1) is 12.5. The topological polar surface area (TPSA) is 105 Å². The first-order valence-corrected chi connectivity index (χ1v) is 9.33. The van der Waals surface area contributed by atoms with Crippen LogP contribution in [0.15, 0.2) is 35.7 Å². The number of carbonyl (C=O) groups is 1. The number of anilines is 1. The van der Waals surface area contributed by atoms with Gasteiger partial charge in [0, 0.05) is 24.4 Å². The van der Waals surface area contributed by atoms with Crippen LogP contribution in [-0.2, 0) is 11.2 Å². The van der Waals surface area contributed by atoms with Crippen LogP contribution in [0.1, 0.15) is 23.3 Å². The number of nitrogens with two attached hydrogens (primary N) is 2. The number of nitriles is 1. The fourth-order valence-electron chi connectivity index (χ4n) is 2.71. The van der Waals surface area contributed by atoms with Gasteiger partial charge in [0.15, 0.2) is 0 Å². The summed E-state index contributed by atoms with van der Waals surface area (Å²) in [5.41, 5.74) is 12.2. The van der Waals surface area contributed by atoms with Crippen molar-refractivity contribution in [2.24, 2.45) is 11.5 Å². The van der Waals surface area contributed by atoms with Crippen LogP contribution in [-0.4, -0.2) is 32.1 Å². The van der Waals surface area contributed by atoms with E-state index >= 15 is 0 Å². The third-order valence-electron chi connectivity index (χ3n) is 4.14. The van der Waals surface area contributed by atoms with Gasteiger partial charge in [0.05, 0.1) is 24.4 Å². The smallest absolute Gasteiger partial charge is 0.234 e. The zero-order valence-electron chi connectivity index (χ0n) is 14.9. The van der Waals surface area contributed by atoms with Gasteiger partial charge < -0.3 is 21.1 Å². The molecule has 1 atom stereocenters. The van der Waals surface area contributed by atoms with Crippen molar-refractivity contribution < 1.29 is 9.53 Å². The molecule has 0 saturated carbocycles. The molecule has 7 heteroatoms. The molecule has 4 N–H and O–H groups in total. The molecule has 1 amide bonds. The number of hydrogen-bond acceptors (Lipinski definition) is 6. The third-order valence-corrected chi connectivity index (χ3v) is 5.04.